The lowest BCUT2D eigenvalue weighted by atomic mass is 9.99. The fraction of sp³-hybridized carbons (Fsp3) is 0.500. The van der Waals surface area contributed by atoms with E-state index < -0.39 is 0 Å². The number of aryl methyl sites for hydroxylation is 1. The van der Waals surface area contributed by atoms with Gasteiger partial charge in [0.25, 0.3) is 5.91 Å². The summed E-state index contributed by atoms with van der Waals surface area (Å²) in [7, 11) is 0. The number of benzene rings is 1. The Balaban J connectivity index is 1.92. The van der Waals surface area contributed by atoms with Gasteiger partial charge in [-0.25, -0.2) is 0 Å². The van der Waals surface area contributed by atoms with Crippen LogP contribution in [-0.2, 0) is 0 Å². The molecule has 0 aliphatic carbocycles. The Morgan fingerprint density at radius 1 is 1.56 bits per heavy atom. The number of carbonyl (C=O) groups excluding carboxylic acids is 1. The average Bonchev–Trinajstić information content (AvgIpc) is 2.40. The van der Waals surface area contributed by atoms with Gasteiger partial charge in [0.05, 0.1) is 5.56 Å². The summed E-state index contributed by atoms with van der Waals surface area (Å²) < 4.78 is 0.854. The smallest absolute Gasteiger partial charge is 0.252 e. The second-order valence-corrected chi connectivity index (χ2v) is 5.76. The summed E-state index contributed by atoms with van der Waals surface area (Å²) in [5.41, 5.74) is 1.82. The highest BCUT2D eigenvalue weighted by Crippen LogP contribution is 2.18. The van der Waals surface area contributed by atoms with E-state index in [0.29, 0.717) is 5.92 Å². The van der Waals surface area contributed by atoms with E-state index in [1.165, 1.54) is 12.8 Å². The number of nitrogens with one attached hydrogen (secondary N) is 2. The molecule has 0 radical (unpaired) electrons. The van der Waals surface area contributed by atoms with Gasteiger partial charge in [0.1, 0.15) is 0 Å². The van der Waals surface area contributed by atoms with E-state index in [9.17, 15) is 4.79 Å². The van der Waals surface area contributed by atoms with Crippen LogP contribution in [0.4, 0.5) is 0 Å². The minimum Gasteiger partial charge on any atom is -0.352 e. The Hall–Kier alpha value is -0.870. The van der Waals surface area contributed by atoms with Crippen molar-refractivity contribution < 1.29 is 4.79 Å². The summed E-state index contributed by atoms with van der Waals surface area (Å²) in [4.78, 5) is 12.1. The van der Waals surface area contributed by atoms with Crippen molar-refractivity contribution in [2.75, 3.05) is 19.6 Å². The SMILES string of the molecule is Cc1ccc(Br)c(C(=O)NCC2CCCNC2)c1. The summed E-state index contributed by atoms with van der Waals surface area (Å²) in [6, 6.07) is 5.83. The lowest BCUT2D eigenvalue weighted by Crippen LogP contribution is -2.38. The van der Waals surface area contributed by atoms with E-state index in [2.05, 4.69) is 26.6 Å². The third kappa shape index (κ3) is 3.56. The van der Waals surface area contributed by atoms with Gasteiger partial charge in [0, 0.05) is 11.0 Å². The van der Waals surface area contributed by atoms with Crippen LogP contribution in [0.2, 0.25) is 0 Å². The predicted octanol–water partition coefficient (Wildman–Crippen LogP) is 2.49. The third-order valence-corrected chi connectivity index (χ3v) is 4.01. The van der Waals surface area contributed by atoms with Gasteiger partial charge in [-0.3, -0.25) is 4.79 Å². The molecule has 1 aliphatic heterocycles. The molecule has 0 spiro atoms. The van der Waals surface area contributed by atoms with Gasteiger partial charge in [0.15, 0.2) is 0 Å². The Morgan fingerprint density at radius 2 is 2.39 bits per heavy atom. The van der Waals surface area contributed by atoms with E-state index in [4.69, 9.17) is 0 Å². The molecule has 1 unspecified atom stereocenters. The van der Waals surface area contributed by atoms with Crippen molar-refractivity contribution in [3.8, 4) is 0 Å². The standard InChI is InChI=1S/C14H19BrN2O/c1-10-4-5-13(15)12(7-10)14(18)17-9-11-3-2-6-16-8-11/h4-5,7,11,16H,2-3,6,8-9H2,1H3,(H,17,18). The Kier molecular flexibility index (Phi) is 4.78. The van der Waals surface area contributed by atoms with Gasteiger partial charge in [-0.15, -0.1) is 0 Å². The molecule has 0 bridgehead atoms. The number of rotatable bonds is 3. The molecular formula is C14H19BrN2O. The number of hydrogen-bond donors (Lipinski definition) is 2. The molecule has 2 N–H and O–H groups in total. The summed E-state index contributed by atoms with van der Waals surface area (Å²) in [6.45, 7) is 4.86. The summed E-state index contributed by atoms with van der Waals surface area (Å²) in [6.07, 6.45) is 2.40. The van der Waals surface area contributed by atoms with Gasteiger partial charge in [-0.1, -0.05) is 11.6 Å². The van der Waals surface area contributed by atoms with Crippen molar-refractivity contribution in [3.05, 3.63) is 33.8 Å². The van der Waals surface area contributed by atoms with Crippen molar-refractivity contribution >= 4 is 21.8 Å². The molecule has 1 aliphatic rings. The molecule has 1 saturated heterocycles. The zero-order chi connectivity index (χ0) is 13.0. The number of hydrogen-bond acceptors (Lipinski definition) is 2. The van der Waals surface area contributed by atoms with Crippen LogP contribution in [0.5, 0.6) is 0 Å². The van der Waals surface area contributed by atoms with E-state index in [0.717, 1.165) is 35.2 Å². The first-order valence-corrected chi connectivity index (χ1v) is 7.21. The van der Waals surface area contributed by atoms with Crippen molar-refractivity contribution in [2.45, 2.75) is 19.8 Å². The second kappa shape index (κ2) is 6.34. The summed E-state index contributed by atoms with van der Waals surface area (Å²) in [5.74, 6) is 0.572. The van der Waals surface area contributed by atoms with E-state index in [1.807, 2.05) is 25.1 Å². The van der Waals surface area contributed by atoms with Crippen LogP contribution in [0, 0.1) is 12.8 Å². The van der Waals surface area contributed by atoms with Crippen LogP contribution in [0.3, 0.4) is 0 Å². The van der Waals surface area contributed by atoms with Crippen molar-refractivity contribution in [2.24, 2.45) is 5.92 Å². The lowest BCUT2D eigenvalue weighted by Gasteiger charge is -2.23. The predicted molar refractivity (Wildman–Crippen MR) is 76.8 cm³/mol. The maximum atomic E-state index is 12.1. The van der Waals surface area contributed by atoms with Gasteiger partial charge < -0.3 is 10.6 Å². The second-order valence-electron chi connectivity index (χ2n) is 4.91. The monoisotopic (exact) mass is 310 g/mol. The van der Waals surface area contributed by atoms with Crippen LogP contribution in [0.25, 0.3) is 0 Å². The molecule has 18 heavy (non-hydrogen) atoms. The molecule has 1 heterocycles. The fourth-order valence-electron chi connectivity index (χ4n) is 2.24. The molecule has 4 heteroatoms. The molecule has 1 atom stereocenters. The van der Waals surface area contributed by atoms with Crippen molar-refractivity contribution in [1.29, 1.82) is 0 Å². The van der Waals surface area contributed by atoms with Crippen LogP contribution >= 0.6 is 15.9 Å². The van der Waals surface area contributed by atoms with Crippen LogP contribution < -0.4 is 10.6 Å². The first-order chi connectivity index (χ1) is 8.66. The summed E-state index contributed by atoms with van der Waals surface area (Å²) in [5, 5.41) is 6.39. The first kappa shape index (κ1) is 13.6. The quantitative estimate of drug-likeness (QED) is 0.900. The molecule has 1 fully saturated rings. The zero-order valence-corrected chi connectivity index (χ0v) is 12.2. The maximum Gasteiger partial charge on any atom is 0.252 e. The molecule has 3 nitrogen and oxygen atoms in total. The average molecular weight is 311 g/mol. The molecule has 2 rings (SSSR count). The van der Waals surface area contributed by atoms with E-state index >= 15 is 0 Å². The maximum absolute atomic E-state index is 12.1. The van der Waals surface area contributed by atoms with Crippen LogP contribution in [0.1, 0.15) is 28.8 Å². The van der Waals surface area contributed by atoms with Crippen LogP contribution in [0.15, 0.2) is 22.7 Å². The van der Waals surface area contributed by atoms with Gasteiger partial charge in [0.2, 0.25) is 0 Å². The molecule has 1 amide bonds. The van der Waals surface area contributed by atoms with Crippen molar-refractivity contribution in [1.82, 2.24) is 10.6 Å². The minimum absolute atomic E-state index is 0.0103. The third-order valence-electron chi connectivity index (χ3n) is 3.32. The lowest BCUT2D eigenvalue weighted by molar-refractivity contribution is 0.0944. The normalized spacial score (nSPS) is 19.6. The molecule has 1 aromatic carbocycles. The Bertz CT molecular complexity index is 428. The molecule has 0 aromatic heterocycles. The zero-order valence-electron chi connectivity index (χ0n) is 10.6. The molecule has 1 aromatic rings. The number of piperidine rings is 1. The van der Waals surface area contributed by atoms with Gasteiger partial charge >= 0.3 is 0 Å². The molecule has 98 valence electrons. The molecular weight excluding hydrogens is 292 g/mol. The Morgan fingerprint density at radius 3 is 3.11 bits per heavy atom. The largest absolute Gasteiger partial charge is 0.352 e. The first-order valence-electron chi connectivity index (χ1n) is 6.42. The van der Waals surface area contributed by atoms with E-state index in [-0.39, 0.29) is 5.91 Å². The summed E-state index contributed by atoms with van der Waals surface area (Å²) >= 11 is 3.42. The number of halogens is 1. The highest BCUT2D eigenvalue weighted by molar-refractivity contribution is 9.10. The molecule has 0 saturated carbocycles. The minimum atomic E-state index is 0.0103. The van der Waals surface area contributed by atoms with Crippen LogP contribution in [-0.4, -0.2) is 25.5 Å². The van der Waals surface area contributed by atoms with E-state index in [1.54, 1.807) is 0 Å². The fourth-order valence-corrected chi connectivity index (χ4v) is 2.67. The number of amides is 1. The van der Waals surface area contributed by atoms with Crippen molar-refractivity contribution in [3.63, 3.8) is 0 Å². The Labute approximate surface area is 116 Å². The highest BCUT2D eigenvalue weighted by Gasteiger charge is 2.15. The van der Waals surface area contributed by atoms with Gasteiger partial charge in [-0.05, 0) is 66.8 Å². The number of carbonyl (C=O) groups is 1. The topological polar surface area (TPSA) is 41.1 Å². The highest BCUT2D eigenvalue weighted by atomic mass is 79.9. The van der Waals surface area contributed by atoms with Gasteiger partial charge in [-0.2, -0.15) is 0 Å².